The van der Waals surface area contributed by atoms with Crippen molar-refractivity contribution in [2.45, 2.75) is 51.0 Å². The highest BCUT2D eigenvalue weighted by Gasteiger charge is 2.44. The highest BCUT2D eigenvalue weighted by Crippen LogP contribution is 2.36. The summed E-state index contributed by atoms with van der Waals surface area (Å²) in [6.45, 7) is 3.64. The lowest BCUT2D eigenvalue weighted by Crippen LogP contribution is -2.49. The highest BCUT2D eigenvalue weighted by atomic mass is 35.5. The number of carbonyl (C=O) groups excluding carboxylic acids is 2. The molecule has 168 valence electrons. The van der Waals surface area contributed by atoms with Gasteiger partial charge < -0.3 is 10.0 Å². The monoisotopic (exact) mass is 445 g/mol. The second-order valence-corrected chi connectivity index (χ2v) is 9.20. The van der Waals surface area contributed by atoms with Crippen LogP contribution < -0.4 is 0 Å². The molecule has 0 radical (unpaired) electrons. The third-order valence-corrected chi connectivity index (χ3v) is 7.02. The molecule has 2 heterocycles. The molecule has 1 saturated carbocycles. The van der Waals surface area contributed by atoms with Crippen LogP contribution in [0.2, 0.25) is 5.02 Å². The molecule has 0 unspecified atom stereocenters. The maximum atomic E-state index is 13.7. The second kappa shape index (κ2) is 10.2. The summed E-state index contributed by atoms with van der Waals surface area (Å²) < 4.78 is 0. The Labute approximate surface area is 189 Å². The molecule has 6 nitrogen and oxygen atoms in total. The van der Waals surface area contributed by atoms with Crippen LogP contribution in [0, 0.1) is 0 Å². The molecular weight excluding hydrogens is 414 g/mol. The number of β-amino-alcohol motifs (C(OH)–C–C–N with tert-alkyl or cyclic N) is 1. The molecule has 0 aromatic heterocycles. The number of amides is 2. The van der Waals surface area contributed by atoms with Gasteiger partial charge in [-0.05, 0) is 30.5 Å². The Kier molecular flexibility index (Phi) is 7.31. The number of hydrogen-bond donors (Lipinski definition) is 1. The van der Waals surface area contributed by atoms with E-state index in [4.69, 9.17) is 11.6 Å². The van der Waals surface area contributed by atoms with Crippen LogP contribution in [0.25, 0.3) is 5.57 Å². The van der Waals surface area contributed by atoms with E-state index in [1.54, 1.807) is 17.0 Å². The van der Waals surface area contributed by atoms with E-state index in [-0.39, 0.29) is 24.5 Å². The van der Waals surface area contributed by atoms with Crippen LogP contribution in [-0.4, -0.2) is 77.0 Å². The van der Waals surface area contributed by atoms with Gasteiger partial charge in [-0.25, -0.2) is 0 Å². The van der Waals surface area contributed by atoms with Gasteiger partial charge in [0.2, 0.25) is 0 Å². The van der Waals surface area contributed by atoms with Crippen LogP contribution in [0.4, 0.5) is 0 Å². The Morgan fingerprint density at radius 3 is 2.10 bits per heavy atom. The Bertz CT molecular complexity index is 823. The van der Waals surface area contributed by atoms with Gasteiger partial charge in [0.15, 0.2) is 0 Å². The first kappa shape index (κ1) is 22.3. The van der Waals surface area contributed by atoms with Gasteiger partial charge in [-0.2, -0.15) is 0 Å². The molecule has 1 N–H and O–H groups in total. The average molecular weight is 446 g/mol. The second-order valence-electron chi connectivity index (χ2n) is 8.76. The minimum absolute atomic E-state index is 0.0178. The maximum absolute atomic E-state index is 13.7. The summed E-state index contributed by atoms with van der Waals surface area (Å²) in [5, 5.41) is 9.84. The van der Waals surface area contributed by atoms with E-state index in [2.05, 4.69) is 9.80 Å². The lowest BCUT2D eigenvalue weighted by molar-refractivity contribution is -0.140. The fraction of sp³-hybridized carbons (Fsp3) is 0.583. The molecule has 31 heavy (non-hydrogen) atoms. The molecule has 1 saturated heterocycles. The number of aliphatic hydroxyl groups is 1. The van der Waals surface area contributed by atoms with Crippen LogP contribution in [-0.2, 0) is 9.59 Å². The van der Waals surface area contributed by atoms with Gasteiger partial charge in [-0.15, -0.1) is 0 Å². The molecule has 2 amide bonds. The van der Waals surface area contributed by atoms with E-state index in [1.165, 1.54) is 19.3 Å². The van der Waals surface area contributed by atoms with Gasteiger partial charge in [0.05, 0.1) is 12.2 Å². The summed E-state index contributed by atoms with van der Waals surface area (Å²) in [5.74, 6) is -0.304. The average Bonchev–Trinajstić information content (AvgIpc) is 3.00. The van der Waals surface area contributed by atoms with Crippen LogP contribution in [0.15, 0.2) is 30.0 Å². The van der Waals surface area contributed by atoms with Crippen LogP contribution in [0.1, 0.15) is 50.5 Å². The SMILES string of the molecule is O=C1C(c2ccc(Cl)cc2)=C(N2CCN(CCO)CC2)C(=O)N1C1CCCCCCC1. The Balaban J connectivity index is 1.65. The summed E-state index contributed by atoms with van der Waals surface area (Å²) in [6.07, 6.45) is 7.49. The van der Waals surface area contributed by atoms with Crippen molar-refractivity contribution in [3.8, 4) is 0 Å². The molecule has 0 bridgehead atoms. The molecule has 7 heteroatoms. The summed E-state index contributed by atoms with van der Waals surface area (Å²) >= 11 is 6.08. The van der Waals surface area contributed by atoms with Crippen molar-refractivity contribution in [2.24, 2.45) is 0 Å². The zero-order chi connectivity index (χ0) is 21.8. The molecule has 2 aliphatic heterocycles. The molecule has 0 spiro atoms. The first-order valence-corrected chi connectivity index (χ1v) is 11.9. The molecule has 4 rings (SSSR count). The summed E-state index contributed by atoms with van der Waals surface area (Å²) in [6, 6.07) is 7.21. The van der Waals surface area contributed by atoms with Crippen LogP contribution in [0.5, 0.6) is 0 Å². The van der Waals surface area contributed by atoms with E-state index in [0.717, 1.165) is 44.3 Å². The zero-order valence-corrected chi connectivity index (χ0v) is 18.8. The Morgan fingerprint density at radius 1 is 0.871 bits per heavy atom. The van der Waals surface area contributed by atoms with Crippen LogP contribution in [0.3, 0.4) is 0 Å². The van der Waals surface area contributed by atoms with Gasteiger partial charge >= 0.3 is 0 Å². The van der Waals surface area contributed by atoms with Crippen molar-refractivity contribution >= 4 is 29.0 Å². The third kappa shape index (κ3) is 4.81. The van der Waals surface area contributed by atoms with E-state index in [0.29, 0.717) is 35.9 Å². The number of rotatable bonds is 5. The number of nitrogens with zero attached hydrogens (tertiary/aromatic N) is 3. The number of imide groups is 1. The number of halogens is 1. The minimum Gasteiger partial charge on any atom is -0.395 e. The van der Waals surface area contributed by atoms with Gasteiger partial charge in [-0.1, -0.05) is 55.8 Å². The van der Waals surface area contributed by atoms with Gasteiger partial charge in [0, 0.05) is 43.8 Å². The number of benzene rings is 1. The van der Waals surface area contributed by atoms with E-state index in [1.807, 2.05) is 12.1 Å². The van der Waals surface area contributed by atoms with Crippen LogP contribution >= 0.6 is 11.6 Å². The largest absolute Gasteiger partial charge is 0.395 e. The number of carbonyl (C=O) groups is 2. The van der Waals surface area contributed by atoms with Crippen molar-refractivity contribution in [1.82, 2.24) is 14.7 Å². The molecule has 1 aliphatic carbocycles. The van der Waals surface area contributed by atoms with Crippen molar-refractivity contribution in [3.05, 3.63) is 40.5 Å². The Hall–Kier alpha value is -1.89. The predicted molar refractivity (Wildman–Crippen MR) is 121 cm³/mol. The quantitative estimate of drug-likeness (QED) is 0.705. The predicted octanol–water partition coefficient (Wildman–Crippen LogP) is 3.14. The number of piperazine rings is 1. The van der Waals surface area contributed by atoms with Crippen molar-refractivity contribution in [3.63, 3.8) is 0 Å². The Morgan fingerprint density at radius 2 is 1.48 bits per heavy atom. The fourth-order valence-corrected chi connectivity index (χ4v) is 5.19. The van der Waals surface area contributed by atoms with E-state index in [9.17, 15) is 14.7 Å². The molecule has 3 aliphatic rings. The summed E-state index contributed by atoms with van der Waals surface area (Å²) in [7, 11) is 0. The summed E-state index contributed by atoms with van der Waals surface area (Å²) in [4.78, 5) is 33.2. The zero-order valence-electron chi connectivity index (χ0n) is 18.1. The van der Waals surface area contributed by atoms with Gasteiger partial charge in [0.25, 0.3) is 11.8 Å². The van der Waals surface area contributed by atoms with E-state index < -0.39 is 0 Å². The fourth-order valence-electron chi connectivity index (χ4n) is 5.07. The minimum atomic E-state index is -0.161. The first-order valence-electron chi connectivity index (χ1n) is 11.6. The number of hydrogen-bond acceptors (Lipinski definition) is 5. The third-order valence-electron chi connectivity index (χ3n) is 6.77. The van der Waals surface area contributed by atoms with Crippen molar-refractivity contribution in [2.75, 3.05) is 39.3 Å². The lowest BCUT2D eigenvalue weighted by Gasteiger charge is -2.36. The van der Waals surface area contributed by atoms with Crippen molar-refractivity contribution < 1.29 is 14.7 Å². The van der Waals surface area contributed by atoms with Gasteiger partial charge in [0.1, 0.15) is 5.70 Å². The molecule has 2 fully saturated rings. The molecule has 0 atom stereocenters. The van der Waals surface area contributed by atoms with Crippen molar-refractivity contribution in [1.29, 1.82) is 0 Å². The smallest absolute Gasteiger partial charge is 0.278 e. The standard InChI is InChI=1S/C24H32ClN3O3/c25-19-10-8-18(9-11-19)21-22(27-14-12-26(13-15-27)16-17-29)24(31)28(23(21)30)20-6-4-2-1-3-5-7-20/h8-11,20,29H,1-7,12-17H2. The lowest BCUT2D eigenvalue weighted by atomic mass is 9.95. The first-order chi connectivity index (χ1) is 15.1. The summed E-state index contributed by atoms with van der Waals surface area (Å²) in [5.41, 5.74) is 1.81. The topological polar surface area (TPSA) is 64.1 Å². The normalized spacial score (nSPS) is 22.3. The van der Waals surface area contributed by atoms with Gasteiger partial charge in [-0.3, -0.25) is 19.4 Å². The number of aliphatic hydroxyl groups excluding tert-OH is 1. The highest BCUT2D eigenvalue weighted by molar-refractivity contribution is 6.36. The molecular formula is C24H32ClN3O3. The van der Waals surface area contributed by atoms with E-state index >= 15 is 0 Å². The maximum Gasteiger partial charge on any atom is 0.278 e. The molecule has 1 aromatic carbocycles. The molecule has 1 aromatic rings.